The Balaban J connectivity index is 1.77. The zero-order valence-electron chi connectivity index (χ0n) is 13.1. The van der Waals surface area contributed by atoms with E-state index in [0.29, 0.717) is 4.88 Å². The minimum atomic E-state index is -0.429. The van der Waals surface area contributed by atoms with Crippen molar-refractivity contribution in [2.75, 3.05) is 6.61 Å². The lowest BCUT2D eigenvalue weighted by molar-refractivity contribution is 0.0924. The van der Waals surface area contributed by atoms with Crippen molar-refractivity contribution in [3.8, 4) is 5.75 Å². The Morgan fingerprint density at radius 3 is 2.52 bits per heavy atom. The highest BCUT2D eigenvalue weighted by atomic mass is 79.9. The second-order valence-corrected chi connectivity index (χ2v) is 7.05. The Morgan fingerprint density at radius 2 is 1.84 bits per heavy atom. The monoisotopic (exact) mass is 419 g/mol. The zero-order valence-corrected chi connectivity index (χ0v) is 15.5. The molecule has 0 saturated heterocycles. The molecule has 0 aliphatic rings. The molecule has 0 saturated carbocycles. The summed E-state index contributed by atoms with van der Waals surface area (Å²) in [5.41, 5.74) is 0.889. The van der Waals surface area contributed by atoms with Gasteiger partial charge in [-0.15, -0.1) is 11.3 Å². The van der Waals surface area contributed by atoms with Crippen molar-refractivity contribution in [1.29, 1.82) is 0 Å². The van der Waals surface area contributed by atoms with E-state index in [9.17, 15) is 9.18 Å². The number of carbonyl (C=O) groups excluding carboxylic acids is 1. The van der Waals surface area contributed by atoms with Gasteiger partial charge >= 0.3 is 0 Å². The molecule has 1 N–H and O–H groups in total. The number of carbonyl (C=O) groups is 1. The van der Waals surface area contributed by atoms with Crippen LogP contribution in [0.25, 0.3) is 0 Å². The minimum Gasteiger partial charge on any atom is -0.488 e. The number of thiophene rings is 1. The van der Waals surface area contributed by atoms with Crippen molar-refractivity contribution in [2.45, 2.75) is 6.04 Å². The molecule has 1 aromatic heterocycles. The molecule has 1 unspecified atom stereocenters. The van der Waals surface area contributed by atoms with Gasteiger partial charge in [0, 0.05) is 4.47 Å². The lowest BCUT2D eigenvalue weighted by atomic mass is 10.1. The third-order valence-corrected chi connectivity index (χ3v) is 5.41. The summed E-state index contributed by atoms with van der Waals surface area (Å²) in [5, 5.41) is 4.80. The van der Waals surface area contributed by atoms with Crippen LogP contribution in [-0.2, 0) is 0 Å². The van der Waals surface area contributed by atoms with Crippen LogP contribution < -0.4 is 10.1 Å². The summed E-state index contributed by atoms with van der Waals surface area (Å²) < 4.78 is 20.1. The number of nitrogens with one attached hydrogen (secondary N) is 1. The van der Waals surface area contributed by atoms with Crippen LogP contribution in [0.1, 0.15) is 21.3 Å². The average molecular weight is 420 g/mol. The third kappa shape index (κ3) is 4.46. The molecule has 6 heteroatoms. The summed E-state index contributed by atoms with van der Waals surface area (Å²) in [6.07, 6.45) is 0. The molecule has 1 amide bonds. The van der Waals surface area contributed by atoms with Gasteiger partial charge in [-0.25, -0.2) is 4.39 Å². The van der Waals surface area contributed by atoms with Crippen LogP contribution in [0.2, 0.25) is 0 Å². The SMILES string of the molecule is O=C(NC(COc1ccccc1F)c1ccccc1)c1sccc1Br. The highest BCUT2D eigenvalue weighted by Gasteiger charge is 2.19. The predicted octanol–water partition coefficient (Wildman–Crippen LogP) is 5.20. The zero-order chi connectivity index (χ0) is 17.6. The fourth-order valence-electron chi connectivity index (χ4n) is 2.32. The van der Waals surface area contributed by atoms with Crippen molar-refractivity contribution in [3.05, 3.63) is 86.8 Å². The van der Waals surface area contributed by atoms with E-state index < -0.39 is 11.9 Å². The molecule has 0 bridgehead atoms. The van der Waals surface area contributed by atoms with Crippen LogP contribution >= 0.6 is 27.3 Å². The number of ether oxygens (including phenoxy) is 1. The van der Waals surface area contributed by atoms with Crippen LogP contribution in [0.15, 0.2) is 70.5 Å². The first-order chi connectivity index (χ1) is 12.1. The number of hydrogen-bond donors (Lipinski definition) is 1. The molecular formula is C19H15BrFNO2S. The van der Waals surface area contributed by atoms with E-state index >= 15 is 0 Å². The summed E-state index contributed by atoms with van der Waals surface area (Å²) in [4.78, 5) is 13.1. The molecule has 3 rings (SSSR count). The van der Waals surface area contributed by atoms with Crippen molar-refractivity contribution in [1.82, 2.24) is 5.32 Å². The van der Waals surface area contributed by atoms with Crippen LogP contribution in [0, 0.1) is 5.82 Å². The van der Waals surface area contributed by atoms with Gasteiger partial charge in [-0.2, -0.15) is 0 Å². The van der Waals surface area contributed by atoms with Crippen LogP contribution in [0.4, 0.5) is 4.39 Å². The molecule has 0 radical (unpaired) electrons. The van der Waals surface area contributed by atoms with Crippen molar-refractivity contribution < 1.29 is 13.9 Å². The molecule has 3 nitrogen and oxygen atoms in total. The summed E-state index contributed by atoms with van der Waals surface area (Å²) in [5.74, 6) is -0.468. The molecule has 1 atom stereocenters. The predicted molar refractivity (Wildman–Crippen MR) is 101 cm³/mol. The Morgan fingerprint density at radius 1 is 1.12 bits per heavy atom. The molecule has 0 fully saturated rings. The van der Waals surface area contributed by atoms with Crippen molar-refractivity contribution in [2.24, 2.45) is 0 Å². The topological polar surface area (TPSA) is 38.3 Å². The van der Waals surface area contributed by atoms with Gasteiger partial charge in [0.25, 0.3) is 5.91 Å². The van der Waals surface area contributed by atoms with Gasteiger partial charge in [-0.3, -0.25) is 4.79 Å². The number of hydrogen-bond acceptors (Lipinski definition) is 3. The first-order valence-electron chi connectivity index (χ1n) is 7.61. The fraction of sp³-hybridized carbons (Fsp3) is 0.105. The summed E-state index contributed by atoms with van der Waals surface area (Å²) >= 11 is 4.72. The standard InChI is InChI=1S/C19H15BrFNO2S/c20-14-10-11-25-18(14)19(23)22-16(13-6-2-1-3-7-13)12-24-17-9-5-4-8-15(17)21/h1-11,16H,12H2,(H,22,23). The first-order valence-corrected chi connectivity index (χ1v) is 9.28. The maximum Gasteiger partial charge on any atom is 0.263 e. The van der Waals surface area contributed by atoms with E-state index in [1.165, 1.54) is 17.4 Å². The Labute approximate surface area is 157 Å². The molecule has 3 aromatic rings. The molecule has 0 spiro atoms. The molecule has 0 aliphatic heterocycles. The Hall–Kier alpha value is -2.18. The molecule has 128 valence electrons. The lowest BCUT2D eigenvalue weighted by Crippen LogP contribution is -2.32. The van der Waals surface area contributed by atoms with Crippen molar-refractivity contribution in [3.63, 3.8) is 0 Å². The van der Waals surface area contributed by atoms with Gasteiger partial charge in [0.05, 0.1) is 6.04 Å². The summed E-state index contributed by atoms with van der Waals surface area (Å²) in [6, 6.07) is 17.1. The Kier molecular flexibility index (Phi) is 5.83. The van der Waals surface area contributed by atoms with Crippen LogP contribution in [-0.4, -0.2) is 12.5 Å². The van der Waals surface area contributed by atoms with Gasteiger partial charge in [0.2, 0.25) is 0 Å². The van der Waals surface area contributed by atoms with Crippen LogP contribution in [0.5, 0.6) is 5.75 Å². The smallest absolute Gasteiger partial charge is 0.263 e. The molecule has 25 heavy (non-hydrogen) atoms. The quantitative estimate of drug-likeness (QED) is 0.596. The van der Waals surface area contributed by atoms with E-state index in [-0.39, 0.29) is 18.3 Å². The van der Waals surface area contributed by atoms with Gasteiger partial charge in [-0.1, -0.05) is 42.5 Å². The van der Waals surface area contributed by atoms with E-state index in [1.807, 2.05) is 41.8 Å². The van der Waals surface area contributed by atoms with E-state index in [4.69, 9.17) is 4.74 Å². The normalized spacial score (nSPS) is 11.8. The lowest BCUT2D eigenvalue weighted by Gasteiger charge is -2.20. The number of halogens is 2. The first kappa shape index (κ1) is 17.6. The second kappa shape index (κ2) is 8.27. The van der Waals surface area contributed by atoms with Gasteiger partial charge in [0.1, 0.15) is 11.5 Å². The van der Waals surface area contributed by atoms with E-state index in [1.54, 1.807) is 18.2 Å². The van der Waals surface area contributed by atoms with Crippen LogP contribution in [0.3, 0.4) is 0 Å². The third-order valence-electron chi connectivity index (χ3n) is 3.57. The number of para-hydroxylation sites is 1. The van der Waals surface area contributed by atoms with E-state index in [2.05, 4.69) is 21.2 Å². The van der Waals surface area contributed by atoms with E-state index in [0.717, 1.165) is 10.0 Å². The fourth-order valence-corrected chi connectivity index (χ4v) is 3.78. The molecule has 0 aliphatic carbocycles. The minimum absolute atomic E-state index is 0.125. The maximum absolute atomic E-state index is 13.8. The average Bonchev–Trinajstić information content (AvgIpc) is 3.06. The second-order valence-electron chi connectivity index (χ2n) is 5.28. The van der Waals surface area contributed by atoms with Gasteiger partial charge in [0.15, 0.2) is 11.6 Å². The summed E-state index contributed by atoms with van der Waals surface area (Å²) in [6.45, 7) is 0.125. The van der Waals surface area contributed by atoms with Gasteiger partial charge in [-0.05, 0) is 45.1 Å². The maximum atomic E-state index is 13.8. The number of amides is 1. The summed E-state index contributed by atoms with van der Waals surface area (Å²) in [7, 11) is 0. The van der Waals surface area contributed by atoms with Gasteiger partial charge < -0.3 is 10.1 Å². The Bertz CT molecular complexity index is 853. The largest absolute Gasteiger partial charge is 0.488 e. The highest BCUT2D eigenvalue weighted by Crippen LogP contribution is 2.24. The highest BCUT2D eigenvalue weighted by molar-refractivity contribution is 9.10. The molecule has 2 aromatic carbocycles. The molecular weight excluding hydrogens is 405 g/mol. The number of rotatable bonds is 6. The molecule has 1 heterocycles. The van der Waals surface area contributed by atoms with Crippen molar-refractivity contribution >= 4 is 33.2 Å². The number of benzene rings is 2.